The molecule has 2 N–H and O–H groups in total. The molecule has 1 aromatic carbocycles. The molecule has 0 heterocycles. The molecule has 0 bridgehead atoms. The number of nitrogen functional groups attached to an aromatic ring is 1. The largest absolute Gasteiger partial charge is 0.492 e. The van der Waals surface area contributed by atoms with E-state index in [-0.39, 0.29) is 5.60 Å². The van der Waals surface area contributed by atoms with Crippen molar-refractivity contribution in [2.24, 2.45) is 0 Å². The highest BCUT2D eigenvalue weighted by Crippen LogP contribution is 2.30. The molecule has 0 amide bonds. The minimum Gasteiger partial charge on any atom is -0.492 e. The summed E-state index contributed by atoms with van der Waals surface area (Å²) in [5.41, 5.74) is 6.28. The Morgan fingerprint density at radius 3 is 2.69 bits per heavy atom. The summed E-state index contributed by atoms with van der Waals surface area (Å²) < 4.78 is 11.8. The first-order valence-electron chi connectivity index (χ1n) is 5.18. The lowest BCUT2D eigenvalue weighted by atomic mass is 10.1. The molecule has 4 heteroatoms. The zero-order valence-electron chi connectivity index (χ0n) is 9.92. The van der Waals surface area contributed by atoms with Crippen molar-refractivity contribution in [2.75, 3.05) is 19.5 Å². The van der Waals surface area contributed by atoms with Crippen LogP contribution in [0.2, 0.25) is 0 Å². The summed E-state index contributed by atoms with van der Waals surface area (Å²) in [6.07, 6.45) is 0.824. The molecule has 1 rings (SSSR count). The van der Waals surface area contributed by atoms with Gasteiger partial charge >= 0.3 is 0 Å². The molecule has 0 aliphatic rings. The maximum Gasteiger partial charge on any atom is 0.135 e. The van der Waals surface area contributed by atoms with Gasteiger partial charge in [-0.15, -0.1) is 0 Å². The Balaban J connectivity index is 2.53. The van der Waals surface area contributed by atoms with Crippen molar-refractivity contribution in [1.29, 1.82) is 0 Å². The fourth-order valence-corrected chi connectivity index (χ4v) is 1.53. The van der Waals surface area contributed by atoms with Crippen molar-refractivity contribution >= 4 is 21.6 Å². The van der Waals surface area contributed by atoms with Gasteiger partial charge in [-0.05, 0) is 41.9 Å². The number of rotatable bonds is 5. The Bertz CT molecular complexity index is 353. The molecule has 0 aliphatic carbocycles. The lowest BCUT2D eigenvalue weighted by Crippen LogP contribution is -2.25. The summed E-state index contributed by atoms with van der Waals surface area (Å²) in [5, 5.41) is 0. The van der Waals surface area contributed by atoms with E-state index in [1.165, 1.54) is 0 Å². The number of ether oxygens (including phenoxy) is 2. The van der Waals surface area contributed by atoms with Gasteiger partial charge in [0.05, 0.1) is 16.7 Å². The van der Waals surface area contributed by atoms with Gasteiger partial charge in [0.2, 0.25) is 0 Å². The van der Waals surface area contributed by atoms with Crippen molar-refractivity contribution in [3.63, 3.8) is 0 Å². The Morgan fingerprint density at radius 2 is 2.06 bits per heavy atom. The van der Waals surface area contributed by atoms with Crippen molar-refractivity contribution in [2.45, 2.75) is 25.9 Å². The van der Waals surface area contributed by atoms with Crippen LogP contribution >= 0.6 is 15.9 Å². The van der Waals surface area contributed by atoms with Gasteiger partial charge in [0, 0.05) is 19.2 Å². The van der Waals surface area contributed by atoms with Crippen LogP contribution in [0.3, 0.4) is 0 Å². The Morgan fingerprint density at radius 1 is 1.38 bits per heavy atom. The number of hydrogen-bond donors (Lipinski definition) is 1. The van der Waals surface area contributed by atoms with Gasteiger partial charge in [-0.3, -0.25) is 0 Å². The molecule has 0 spiro atoms. The van der Waals surface area contributed by atoms with Crippen molar-refractivity contribution in [3.8, 4) is 5.75 Å². The lowest BCUT2D eigenvalue weighted by molar-refractivity contribution is 0.00540. The molecule has 0 fully saturated rings. The summed E-state index contributed by atoms with van der Waals surface area (Å²) in [7, 11) is 1.70. The third kappa shape index (κ3) is 3.68. The summed E-state index contributed by atoms with van der Waals surface area (Å²) in [5.74, 6) is 0.770. The first kappa shape index (κ1) is 13.3. The highest BCUT2D eigenvalue weighted by Gasteiger charge is 2.16. The SMILES string of the molecule is COC(C)(C)CCOc1cccc(N)c1Br. The number of anilines is 1. The number of methoxy groups -OCH3 is 1. The number of nitrogens with two attached hydrogens (primary N) is 1. The summed E-state index contributed by atoms with van der Waals surface area (Å²) >= 11 is 3.40. The summed E-state index contributed by atoms with van der Waals surface area (Å²) in [4.78, 5) is 0. The van der Waals surface area contributed by atoms with Crippen molar-refractivity contribution in [1.82, 2.24) is 0 Å². The smallest absolute Gasteiger partial charge is 0.135 e. The Hall–Kier alpha value is -0.740. The third-order valence-corrected chi connectivity index (χ3v) is 3.36. The van der Waals surface area contributed by atoms with Crippen LogP contribution in [0.4, 0.5) is 5.69 Å². The second-order valence-corrected chi connectivity index (χ2v) is 5.01. The standard InChI is InChI=1S/C12H18BrNO2/c1-12(2,15-3)7-8-16-10-6-4-5-9(14)11(10)13/h4-6H,7-8,14H2,1-3H3. The minimum absolute atomic E-state index is 0.160. The molecule has 0 saturated carbocycles. The predicted octanol–water partition coefficient (Wildman–Crippen LogP) is 3.23. The van der Waals surface area contributed by atoms with Gasteiger partial charge in [0.25, 0.3) is 0 Å². The van der Waals surface area contributed by atoms with Crippen LogP contribution < -0.4 is 10.5 Å². The first-order valence-corrected chi connectivity index (χ1v) is 5.97. The van der Waals surface area contributed by atoms with Crippen LogP contribution in [0.1, 0.15) is 20.3 Å². The highest BCUT2D eigenvalue weighted by molar-refractivity contribution is 9.10. The molecular formula is C12H18BrNO2. The molecule has 0 saturated heterocycles. The van der Waals surface area contributed by atoms with E-state index in [1.54, 1.807) is 7.11 Å². The fraction of sp³-hybridized carbons (Fsp3) is 0.500. The Kier molecular flexibility index (Phi) is 4.62. The summed E-state index contributed by atoms with van der Waals surface area (Å²) in [6, 6.07) is 5.59. The van der Waals surface area contributed by atoms with Gasteiger partial charge < -0.3 is 15.2 Å². The second kappa shape index (κ2) is 5.55. The van der Waals surface area contributed by atoms with Gasteiger partial charge in [0.15, 0.2) is 0 Å². The van der Waals surface area contributed by atoms with E-state index < -0.39 is 0 Å². The molecular weight excluding hydrogens is 270 g/mol. The van der Waals surface area contributed by atoms with Crippen molar-refractivity contribution in [3.05, 3.63) is 22.7 Å². The average molecular weight is 288 g/mol. The monoisotopic (exact) mass is 287 g/mol. The van der Waals surface area contributed by atoms with E-state index in [4.69, 9.17) is 15.2 Å². The molecule has 0 aromatic heterocycles. The van der Waals surface area contributed by atoms with E-state index in [1.807, 2.05) is 32.0 Å². The third-order valence-electron chi connectivity index (χ3n) is 2.51. The molecule has 0 radical (unpaired) electrons. The van der Waals surface area contributed by atoms with Gasteiger partial charge in [-0.2, -0.15) is 0 Å². The molecule has 90 valence electrons. The zero-order chi connectivity index (χ0) is 12.2. The predicted molar refractivity (Wildman–Crippen MR) is 69.8 cm³/mol. The quantitative estimate of drug-likeness (QED) is 0.846. The maximum atomic E-state index is 5.75. The fourth-order valence-electron chi connectivity index (χ4n) is 1.15. The first-order chi connectivity index (χ1) is 7.46. The van der Waals surface area contributed by atoms with Crippen LogP contribution in [-0.2, 0) is 4.74 Å². The topological polar surface area (TPSA) is 44.5 Å². The van der Waals surface area contributed by atoms with Crippen molar-refractivity contribution < 1.29 is 9.47 Å². The zero-order valence-corrected chi connectivity index (χ0v) is 11.5. The molecule has 16 heavy (non-hydrogen) atoms. The van der Waals surface area contributed by atoms with E-state index in [9.17, 15) is 0 Å². The number of benzene rings is 1. The van der Waals surface area contributed by atoms with E-state index in [2.05, 4.69) is 15.9 Å². The Labute approximate surface area is 105 Å². The van der Waals surface area contributed by atoms with Crippen LogP contribution in [0.15, 0.2) is 22.7 Å². The normalized spacial score (nSPS) is 11.5. The summed E-state index contributed by atoms with van der Waals surface area (Å²) in [6.45, 7) is 4.67. The minimum atomic E-state index is -0.160. The van der Waals surface area contributed by atoms with Gasteiger partial charge in [-0.1, -0.05) is 6.07 Å². The van der Waals surface area contributed by atoms with Crippen LogP contribution in [0, 0.1) is 0 Å². The number of hydrogen-bond acceptors (Lipinski definition) is 3. The second-order valence-electron chi connectivity index (χ2n) is 4.22. The lowest BCUT2D eigenvalue weighted by Gasteiger charge is -2.22. The van der Waals surface area contributed by atoms with Crippen LogP contribution in [0.5, 0.6) is 5.75 Å². The van der Waals surface area contributed by atoms with Gasteiger partial charge in [-0.25, -0.2) is 0 Å². The highest BCUT2D eigenvalue weighted by atomic mass is 79.9. The molecule has 0 unspecified atom stereocenters. The van der Waals surface area contributed by atoms with E-state index in [0.717, 1.165) is 16.6 Å². The molecule has 1 aromatic rings. The maximum absolute atomic E-state index is 5.75. The van der Waals surface area contributed by atoms with Crippen LogP contribution in [-0.4, -0.2) is 19.3 Å². The number of halogens is 1. The van der Waals surface area contributed by atoms with E-state index >= 15 is 0 Å². The molecule has 3 nitrogen and oxygen atoms in total. The van der Waals surface area contributed by atoms with Crippen LogP contribution in [0.25, 0.3) is 0 Å². The van der Waals surface area contributed by atoms with E-state index in [0.29, 0.717) is 12.3 Å². The molecule has 0 aliphatic heterocycles. The molecule has 0 atom stereocenters. The average Bonchev–Trinajstić information content (AvgIpc) is 2.24. The van der Waals surface area contributed by atoms with Gasteiger partial charge in [0.1, 0.15) is 5.75 Å².